The minimum atomic E-state index is 0.426. The van der Waals surface area contributed by atoms with Gasteiger partial charge in [-0.25, -0.2) is 0 Å². The Balaban J connectivity index is 3.78. The van der Waals surface area contributed by atoms with Crippen LogP contribution in [-0.4, -0.2) is 6.04 Å². The van der Waals surface area contributed by atoms with Crippen molar-refractivity contribution in [2.24, 2.45) is 17.6 Å². The molecule has 13 heavy (non-hydrogen) atoms. The zero-order valence-electron chi connectivity index (χ0n) is 9.84. The molecule has 0 amide bonds. The third kappa shape index (κ3) is 7.06. The lowest BCUT2D eigenvalue weighted by Gasteiger charge is -2.21. The van der Waals surface area contributed by atoms with Crippen LogP contribution >= 0.6 is 0 Å². The zero-order valence-corrected chi connectivity index (χ0v) is 9.84. The van der Waals surface area contributed by atoms with Gasteiger partial charge in [-0.2, -0.15) is 0 Å². The molecule has 0 aromatic rings. The van der Waals surface area contributed by atoms with Crippen LogP contribution in [0.25, 0.3) is 0 Å². The van der Waals surface area contributed by atoms with Gasteiger partial charge in [0.2, 0.25) is 0 Å². The van der Waals surface area contributed by atoms with Crippen molar-refractivity contribution in [2.45, 2.75) is 65.8 Å². The molecular weight excluding hydrogens is 158 g/mol. The normalized spacial score (nSPS) is 16.2. The monoisotopic (exact) mass is 185 g/mol. The Morgan fingerprint density at radius 2 is 1.69 bits per heavy atom. The van der Waals surface area contributed by atoms with Crippen molar-refractivity contribution in [3.63, 3.8) is 0 Å². The quantitative estimate of drug-likeness (QED) is 0.644. The van der Waals surface area contributed by atoms with Crippen LogP contribution in [-0.2, 0) is 0 Å². The van der Waals surface area contributed by atoms with Crippen molar-refractivity contribution in [1.29, 1.82) is 0 Å². The Hall–Kier alpha value is -0.0400. The third-order valence-electron chi connectivity index (χ3n) is 2.66. The van der Waals surface area contributed by atoms with Gasteiger partial charge >= 0.3 is 0 Å². The van der Waals surface area contributed by atoms with Crippen molar-refractivity contribution in [2.75, 3.05) is 0 Å². The van der Waals surface area contributed by atoms with Gasteiger partial charge in [0.1, 0.15) is 0 Å². The highest BCUT2D eigenvalue weighted by Gasteiger charge is 2.13. The molecule has 0 heterocycles. The van der Waals surface area contributed by atoms with Crippen molar-refractivity contribution >= 4 is 0 Å². The Kier molecular flexibility index (Phi) is 7.35. The van der Waals surface area contributed by atoms with Gasteiger partial charge in [-0.3, -0.25) is 0 Å². The van der Waals surface area contributed by atoms with E-state index in [1.54, 1.807) is 0 Å². The van der Waals surface area contributed by atoms with Crippen LogP contribution in [0.3, 0.4) is 0 Å². The first-order valence-electron chi connectivity index (χ1n) is 5.85. The Morgan fingerprint density at radius 3 is 2.08 bits per heavy atom. The Bertz CT molecular complexity index is 110. The molecule has 0 radical (unpaired) electrons. The second-order valence-electron chi connectivity index (χ2n) is 4.69. The van der Waals surface area contributed by atoms with Crippen LogP contribution in [0.15, 0.2) is 0 Å². The van der Waals surface area contributed by atoms with E-state index in [0.29, 0.717) is 6.04 Å². The van der Waals surface area contributed by atoms with Crippen molar-refractivity contribution < 1.29 is 0 Å². The lowest BCUT2D eigenvalue weighted by Crippen LogP contribution is -2.23. The summed E-state index contributed by atoms with van der Waals surface area (Å²) < 4.78 is 0. The molecule has 1 heteroatoms. The van der Waals surface area contributed by atoms with Crippen LogP contribution in [0, 0.1) is 11.8 Å². The molecule has 0 saturated carbocycles. The van der Waals surface area contributed by atoms with Gasteiger partial charge in [-0.05, 0) is 31.1 Å². The summed E-state index contributed by atoms with van der Waals surface area (Å²) in [5, 5.41) is 0. The van der Waals surface area contributed by atoms with Gasteiger partial charge in [-0.1, -0.05) is 40.5 Å². The van der Waals surface area contributed by atoms with E-state index in [0.717, 1.165) is 18.3 Å². The highest BCUT2D eigenvalue weighted by molar-refractivity contribution is 4.68. The van der Waals surface area contributed by atoms with E-state index in [1.807, 2.05) is 0 Å². The molecule has 0 aliphatic rings. The molecule has 0 aromatic carbocycles. The van der Waals surface area contributed by atoms with Crippen LogP contribution in [0.5, 0.6) is 0 Å². The molecule has 2 N–H and O–H groups in total. The summed E-state index contributed by atoms with van der Waals surface area (Å²) in [7, 11) is 0. The van der Waals surface area contributed by atoms with E-state index in [-0.39, 0.29) is 0 Å². The maximum Gasteiger partial charge on any atom is 0.00388 e. The predicted molar refractivity (Wildman–Crippen MR) is 60.7 cm³/mol. The van der Waals surface area contributed by atoms with Gasteiger partial charge in [-0.15, -0.1) is 0 Å². The molecular formula is C12H27N. The molecule has 0 aliphatic heterocycles. The number of nitrogens with two attached hydrogens (primary N) is 1. The average Bonchev–Trinajstić information content (AvgIpc) is 2.03. The smallest absolute Gasteiger partial charge is 0.00388 e. The SMILES string of the molecule is CCCC(CC(C)C)C[C@@H](N)CC. The van der Waals surface area contributed by atoms with Gasteiger partial charge in [0, 0.05) is 6.04 Å². The Morgan fingerprint density at radius 1 is 1.08 bits per heavy atom. The second-order valence-corrected chi connectivity index (χ2v) is 4.69. The van der Waals surface area contributed by atoms with Gasteiger partial charge in [0.25, 0.3) is 0 Å². The molecule has 0 spiro atoms. The fraction of sp³-hybridized carbons (Fsp3) is 1.00. The third-order valence-corrected chi connectivity index (χ3v) is 2.66. The molecule has 0 saturated heterocycles. The average molecular weight is 185 g/mol. The molecule has 0 rings (SSSR count). The number of hydrogen-bond acceptors (Lipinski definition) is 1. The van der Waals surface area contributed by atoms with Crippen LogP contribution in [0.1, 0.15) is 59.8 Å². The predicted octanol–water partition coefficient (Wildman–Crippen LogP) is 3.58. The van der Waals surface area contributed by atoms with Crippen LogP contribution in [0.4, 0.5) is 0 Å². The van der Waals surface area contributed by atoms with E-state index in [1.165, 1.54) is 25.7 Å². The minimum Gasteiger partial charge on any atom is -0.328 e. The fourth-order valence-electron chi connectivity index (χ4n) is 2.00. The molecule has 1 nitrogen and oxygen atoms in total. The lowest BCUT2D eigenvalue weighted by atomic mass is 9.87. The summed E-state index contributed by atoms with van der Waals surface area (Å²) >= 11 is 0. The highest BCUT2D eigenvalue weighted by atomic mass is 14.6. The first-order valence-corrected chi connectivity index (χ1v) is 5.85. The lowest BCUT2D eigenvalue weighted by molar-refractivity contribution is 0.333. The standard InChI is InChI=1S/C12H27N/c1-5-7-11(8-10(3)4)9-12(13)6-2/h10-12H,5-9,13H2,1-4H3/t11?,12-/m0/s1. The van der Waals surface area contributed by atoms with Crippen molar-refractivity contribution in [1.82, 2.24) is 0 Å². The summed E-state index contributed by atoms with van der Waals surface area (Å²) in [5.74, 6) is 1.68. The van der Waals surface area contributed by atoms with Crippen LogP contribution < -0.4 is 5.73 Å². The van der Waals surface area contributed by atoms with E-state index in [2.05, 4.69) is 27.7 Å². The molecule has 1 unspecified atom stereocenters. The molecule has 80 valence electrons. The zero-order chi connectivity index (χ0) is 10.3. The van der Waals surface area contributed by atoms with E-state index >= 15 is 0 Å². The first-order chi connectivity index (χ1) is 6.10. The van der Waals surface area contributed by atoms with Crippen molar-refractivity contribution in [3.05, 3.63) is 0 Å². The maximum atomic E-state index is 5.98. The van der Waals surface area contributed by atoms with Crippen molar-refractivity contribution in [3.8, 4) is 0 Å². The summed E-state index contributed by atoms with van der Waals surface area (Å²) in [5.41, 5.74) is 5.98. The largest absolute Gasteiger partial charge is 0.328 e. The number of hydrogen-bond donors (Lipinski definition) is 1. The summed E-state index contributed by atoms with van der Waals surface area (Å²) in [6.07, 6.45) is 6.35. The number of rotatable bonds is 7. The van der Waals surface area contributed by atoms with Gasteiger partial charge < -0.3 is 5.73 Å². The van der Waals surface area contributed by atoms with Crippen LogP contribution in [0.2, 0.25) is 0 Å². The van der Waals surface area contributed by atoms with Gasteiger partial charge in [0.15, 0.2) is 0 Å². The summed E-state index contributed by atoms with van der Waals surface area (Å²) in [4.78, 5) is 0. The minimum absolute atomic E-state index is 0.426. The van der Waals surface area contributed by atoms with Gasteiger partial charge in [0.05, 0.1) is 0 Å². The topological polar surface area (TPSA) is 26.0 Å². The summed E-state index contributed by atoms with van der Waals surface area (Å²) in [6, 6.07) is 0.426. The highest BCUT2D eigenvalue weighted by Crippen LogP contribution is 2.22. The second kappa shape index (κ2) is 7.37. The maximum absolute atomic E-state index is 5.98. The Labute approximate surface area is 84.1 Å². The first kappa shape index (κ1) is 13.0. The summed E-state index contributed by atoms with van der Waals surface area (Å²) in [6.45, 7) is 9.06. The van der Waals surface area contributed by atoms with E-state index in [9.17, 15) is 0 Å². The fourth-order valence-corrected chi connectivity index (χ4v) is 2.00. The van der Waals surface area contributed by atoms with E-state index in [4.69, 9.17) is 5.73 Å². The molecule has 2 atom stereocenters. The molecule has 0 bridgehead atoms. The van der Waals surface area contributed by atoms with E-state index < -0.39 is 0 Å². The molecule has 0 aliphatic carbocycles. The molecule has 0 aromatic heterocycles. The molecule has 0 fully saturated rings.